The zero-order valence-electron chi connectivity index (χ0n) is 15.3. The van der Waals surface area contributed by atoms with Gasteiger partial charge in [-0.15, -0.1) is 0 Å². The average molecular weight is 348 g/mol. The molecule has 0 unspecified atom stereocenters. The summed E-state index contributed by atoms with van der Waals surface area (Å²) in [5.74, 6) is 2.24. The van der Waals surface area contributed by atoms with Crippen molar-refractivity contribution in [2.75, 3.05) is 0 Å². The van der Waals surface area contributed by atoms with E-state index in [0.717, 1.165) is 24.2 Å². The maximum absolute atomic E-state index is 9.44. The molecule has 0 radical (unpaired) electrons. The Balaban J connectivity index is 0.000000447. The maximum Gasteiger partial charge on any atom is 0.153 e. The SMILES string of the molecule is CC(C)=O.NC1=N/C(=N\c2ccccn2)C2(CCCC2)c2ccccc21. The quantitative estimate of drug-likeness (QED) is 0.847. The molecule has 2 aromatic rings. The molecule has 1 saturated carbocycles. The second-order valence-electron chi connectivity index (χ2n) is 6.86. The van der Waals surface area contributed by atoms with Crippen LogP contribution in [-0.4, -0.2) is 22.4 Å². The summed E-state index contributed by atoms with van der Waals surface area (Å²) < 4.78 is 0. The van der Waals surface area contributed by atoms with Crippen LogP contribution in [0.2, 0.25) is 0 Å². The number of hydrogen-bond donors (Lipinski definition) is 1. The highest BCUT2D eigenvalue weighted by Crippen LogP contribution is 2.46. The lowest BCUT2D eigenvalue weighted by Crippen LogP contribution is -2.39. The van der Waals surface area contributed by atoms with Crippen molar-refractivity contribution < 1.29 is 4.79 Å². The first kappa shape index (κ1) is 18.0. The van der Waals surface area contributed by atoms with Gasteiger partial charge in [0.2, 0.25) is 0 Å². The molecule has 5 heteroatoms. The number of carbonyl (C=O) groups is 1. The number of pyridine rings is 1. The lowest BCUT2D eigenvalue weighted by molar-refractivity contribution is -0.114. The van der Waals surface area contributed by atoms with Crippen LogP contribution in [0, 0.1) is 0 Å². The van der Waals surface area contributed by atoms with Gasteiger partial charge in [-0.25, -0.2) is 15.0 Å². The van der Waals surface area contributed by atoms with E-state index in [9.17, 15) is 4.79 Å². The molecule has 1 spiro atoms. The van der Waals surface area contributed by atoms with Crippen molar-refractivity contribution >= 4 is 23.3 Å². The minimum Gasteiger partial charge on any atom is -0.383 e. The van der Waals surface area contributed by atoms with Crippen LogP contribution in [-0.2, 0) is 10.2 Å². The molecule has 0 saturated heterocycles. The number of rotatable bonds is 1. The molecular formula is C21H24N4O. The number of ketones is 1. The van der Waals surface area contributed by atoms with E-state index >= 15 is 0 Å². The van der Waals surface area contributed by atoms with Gasteiger partial charge in [0, 0.05) is 11.8 Å². The summed E-state index contributed by atoms with van der Waals surface area (Å²) >= 11 is 0. The van der Waals surface area contributed by atoms with E-state index in [1.165, 1.54) is 32.3 Å². The van der Waals surface area contributed by atoms with Crippen LogP contribution in [0.15, 0.2) is 58.6 Å². The Kier molecular flexibility index (Phi) is 5.26. The number of Topliss-reactive ketones (excluding diaryl/α,β-unsaturated/α-hetero) is 1. The van der Waals surface area contributed by atoms with E-state index in [1.54, 1.807) is 6.20 Å². The molecular weight excluding hydrogens is 324 g/mol. The minimum atomic E-state index is -0.100. The van der Waals surface area contributed by atoms with E-state index in [-0.39, 0.29) is 11.2 Å². The lowest BCUT2D eigenvalue weighted by Gasteiger charge is -2.34. The Morgan fingerprint density at radius 1 is 1.08 bits per heavy atom. The third-order valence-electron chi connectivity index (χ3n) is 4.70. The van der Waals surface area contributed by atoms with Gasteiger partial charge in [0.05, 0.1) is 5.41 Å². The summed E-state index contributed by atoms with van der Waals surface area (Å²) in [6.45, 7) is 3.06. The van der Waals surface area contributed by atoms with E-state index < -0.39 is 0 Å². The van der Waals surface area contributed by atoms with Crippen molar-refractivity contribution in [2.45, 2.75) is 44.9 Å². The van der Waals surface area contributed by atoms with Crippen molar-refractivity contribution in [1.82, 2.24) is 4.98 Å². The van der Waals surface area contributed by atoms with Crippen LogP contribution in [0.25, 0.3) is 0 Å². The fraction of sp³-hybridized carbons (Fsp3) is 0.333. The molecule has 5 nitrogen and oxygen atoms in total. The minimum absolute atomic E-state index is 0.100. The third kappa shape index (κ3) is 3.57. The summed E-state index contributed by atoms with van der Waals surface area (Å²) in [5, 5.41) is 0. The fourth-order valence-corrected chi connectivity index (χ4v) is 3.66. The van der Waals surface area contributed by atoms with Crippen molar-refractivity contribution in [3.63, 3.8) is 0 Å². The van der Waals surface area contributed by atoms with Crippen LogP contribution in [0.4, 0.5) is 5.82 Å². The van der Waals surface area contributed by atoms with E-state index in [4.69, 9.17) is 10.7 Å². The highest BCUT2D eigenvalue weighted by atomic mass is 16.1. The van der Waals surface area contributed by atoms with Gasteiger partial charge in [0.1, 0.15) is 17.5 Å². The number of nitrogens with two attached hydrogens (primary N) is 1. The van der Waals surface area contributed by atoms with Gasteiger partial charge in [0.25, 0.3) is 0 Å². The number of fused-ring (bicyclic) bond motifs is 2. The van der Waals surface area contributed by atoms with Crippen LogP contribution in [0.3, 0.4) is 0 Å². The average Bonchev–Trinajstić information content (AvgIpc) is 3.11. The van der Waals surface area contributed by atoms with Crippen molar-refractivity contribution in [2.24, 2.45) is 15.7 Å². The van der Waals surface area contributed by atoms with Gasteiger partial charge < -0.3 is 10.5 Å². The van der Waals surface area contributed by atoms with Crippen molar-refractivity contribution in [3.05, 3.63) is 59.8 Å². The van der Waals surface area contributed by atoms with Gasteiger partial charge in [0.15, 0.2) is 5.82 Å². The molecule has 4 rings (SSSR count). The molecule has 0 bridgehead atoms. The Morgan fingerprint density at radius 2 is 1.73 bits per heavy atom. The molecule has 2 heterocycles. The van der Waals surface area contributed by atoms with Gasteiger partial charge in [-0.3, -0.25) is 0 Å². The number of benzene rings is 1. The highest BCUT2D eigenvalue weighted by molar-refractivity contribution is 6.14. The number of hydrogen-bond acceptors (Lipinski definition) is 4. The molecule has 1 aromatic carbocycles. The summed E-state index contributed by atoms with van der Waals surface area (Å²) in [7, 11) is 0. The monoisotopic (exact) mass is 348 g/mol. The number of aromatic nitrogens is 1. The second kappa shape index (κ2) is 7.60. The van der Waals surface area contributed by atoms with Gasteiger partial charge in [-0.1, -0.05) is 43.2 Å². The molecule has 0 amide bonds. The summed E-state index contributed by atoms with van der Waals surface area (Å²) in [5.41, 5.74) is 8.42. The van der Waals surface area contributed by atoms with Gasteiger partial charge >= 0.3 is 0 Å². The van der Waals surface area contributed by atoms with E-state index in [1.807, 2.05) is 24.3 Å². The Bertz CT molecular complexity index is 845. The number of carbonyl (C=O) groups excluding carboxylic acids is 1. The zero-order chi connectivity index (χ0) is 18.6. The molecule has 134 valence electrons. The third-order valence-corrected chi connectivity index (χ3v) is 4.70. The first-order valence-electron chi connectivity index (χ1n) is 8.94. The standard InChI is InChI=1S/C18H18N4.C3H6O/c19-16-13-7-1-2-8-14(13)18(10-4-5-11-18)17(22-16)21-15-9-3-6-12-20-15;1-3(2)4/h1-3,6-9,12H,4-5,10-11H2,(H2,19,20,21,22);1-2H3. The Labute approximate surface area is 154 Å². The van der Waals surface area contributed by atoms with E-state index in [0.29, 0.717) is 11.7 Å². The first-order chi connectivity index (χ1) is 12.5. The summed E-state index contributed by atoms with van der Waals surface area (Å²) in [6, 6.07) is 14.1. The van der Waals surface area contributed by atoms with Gasteiger partial charge in [-0.2, -0.15) is 0 Å². The first-order valence-corrected chi connectivity index (χ1v) is 8.94. The maximum atomic E-state index is 9.44. The van der Waals surface area contributed by atoms with Crippen molar-refractivity contribution in [1.29, 1.82) is 0 Å². The molecule has 1 aliphatic heterocycles. The smallest absolute Gasteiger partial charge is 0.153 e. The van der Waals surface area contributed by atoms with E-state index in [2.05, 4.69) is 28.2 Å². The predicted molar refractivity (Wildman–Crippen MR) is 105 cm³/mol. The fourth-order valence-electron chi connectivity index (χ4n) is 3.66. The number of aliphatic imine (C=N–C) groups is 2. The highest BCUT2D eigenvalue weighted by Gasteiger charge is 2.44. The molecule has 1 aliphatic carbocycles. The predicted octanol–water partition coefficient (Wildman–Crippen LogP) is 3.94. The van der Waals surface area contributed by atoms with Crippen LogP contribution in [0.1, 0.15) is 50.7 Å². The Hall–Kier alpha value is -2.82. The van der Waals surface area contributed by atoms with Crippen molar-refractivity contribution in [3.8, 4) is 0 Å². The molecule has 1 fully saturated rings. The molecule has 2 aliphatic rings. The molecule has 2 N–H and O–H groups in total. The molecule has 1 aromatic heterocycles. The molecule has 0 atom stereocenters. The Morgan fingerprint density at radius 3 is 2.38 bits per heavy atom. The van der Waals surface area contributed by atoms with Gasteiger partial charge in [-0.05, 0) is 44.4 Å². The second-order valence-corrected chi connectivity index (χ2v) is 6.86. The number of nitrogens with zero attached hydrogens (tertiary/aromatic N) is 3. The van der Waals surface area contributed by atoms with Crippen LogP contribution in [0.5, 0.6) is 0 Å². The van der Waals surface area contributed by atoms with Crippen LogP contribution >= 0.6 is 0 Å². The summed E-state index contributed by atoms with van der Waals surface area (Å²) in [6.07, 6.45) is 6.31. The largest absolute Gasteiger partial charge is 0.383 e. The number of amidine groups is 2. The molecule has 26 heavy (non-hydrogen) atoms. The lowest BCUT2D eigenvalue weighted by atomic mass is 9.73. The van der Waals surface area contributed by atoms with Crippen LogP contribution < -0.4 is 5.73 Å². The topological polar surface area (TPSA) is 80.7 Å². The summed E-state index contributed by atoms with van der Waals surface area (Å²) in [4.78, 5) is 23.2. The normalized spacial score (nSPS) is 18.7. The zero-order valence-corrected chi connectivity index (χ0v) is 15.3.